The maximum absolute atomic E-state index is 12.1. The van der Waals surface area contributed by atoms with Crippen LogP contribution in [0.3, 0.4) is 0 Å². The number of rotatable bonds is 2. The number of carbonyl (C=O) groups excluding carboxylic acids is 1. The number of amides is 1. The van der Waals surface area contributed by atoms with Gasteiger partial charge in [0.25, 0.3) is 11.5 Å². The van der Waals surface area contributed by atoms with E-state index in [2.05, 4.69) is 13.8 Å². The van der Waals surface area contributed by atoms with Crippen molar-refractivity contribution in [3.63, 3.8) is 0 Å². The molecule has 1 aliphatic heterocycles. The predicted octanol–water partition coefficient (Wildman–Crippen LogP) is 0.195. The van der Waals surface area contributed by atoms with Gasteiger partial charge in [0.2, 0.25) is 0 Å². The molecule has 5 nitrogen and oxygen atoms in total. The fourth-order valence-corrected chi connectivity index (χ4v) is 2.04. The third-order valence-electron chi connectivity index (χ3n) is 3.76. The highest BCUT2D eigenvalue weighted by Crippen LogP contribution is 2.27. The Morgan fingerprint density at radius 2 is 2.06 bits per heavy atom. The number of aromatic nitrogens is 1. The van der Waals surface area contributed by atoms with Crippen molar-refractivity contribution < 1.29 is 4.79 Å². The number of nitrogens with zero attached hydrogens (tertiary/aromatic N) is 2. The molecule has 1 aromatic heterocycles. The van der Waals surface area contributed by atoms with Crippen molar-refractivity contribution in [2.45, 2.75) is 19.4 Å². The molecule has 18 heavy (non-hydrogen) atoms. The summed E-state index contributed by atoms with van der Waals surface area (Å²) in [6.45, 7) is 5.22. The highest BCUT2D eigenvalue weighted by molar-refractivity contribution is 5.94. The zero-order valence-electron chi connectivity index (χ0n) is 11.0. The maximum atomic E-state index is 12.1. The summed E-state index contributed by atoms with van der Waals surface area (Å²) in [5.41, 5.74) is 6.12. The quantitative estimate of drug-likeness (QED) is 0.813. The van der Waals surface area contributed by atoms with Gasteiger partial charge in [-0.15, -0.1) is 0 Å². The molecule has 0 saturated carbocycles. The van der Waals surface area contributed by atoms with E-state index in [1.807, 2.05) is 0 Å². The van der Waals surface area contributed by atoms with Gasteiger partial charge in [0.15, 0.2) is 0 Å². The van der Waals surface area contributed by atoms with E-state index in [0.717, 1.165) is 0 Å². The summed E-state index contributed by atoms with van der Waals surface area (Å²) in [4.78, 5) is 25.3. The van der Waals surface area contributed by atoms with E-state index in [1.165, 1.54) is 10.6 Å². The lowest BCUT2D eigenvalue weighted by atomic mass is 9.80. The molecular formula is C13H19N3O2. The summed E-state index contributed by atoms with van der Waals surface area (Å²) in [6, 6.07) is 3.03. The van der Waals surface area contributed by atoms with Crippen LogP contribution in [-0.2, 0) is 7.05 Å². The molecule has 1 saturated heterocycles. The summed E-state index contributed by atoms with van der Waals surface area (Å²) in [7, 11) is 1.66. The lowest BCUT2D eigenvalue weighted by Gasteiger charge is -2.50. The molecule has 0 atom stereocenters. The van der Waals surface area contributed by atoms with Crippen molar-refractivity contribution in [2.24, 2.45) is 18.7 Å². The second-order valence-electron chi connectivity index (χ2n) is 5.41. The first-order chi connectivity index (χ1) is 8.33. The predicted molar refractivity (Wildman–Crippen MR) is 69.3 cm³/mol. The largest absolute Gasteiger partial charge is 0.335 e. The minimum Gasteiger partial charge on any atom is -0.335 e. The standard InChI is InChI=1S/C13H19N3O2/c1-9(2)13(14)7-16(8-13)12(18)10-4-5-15(3)11(17)6-10/h4-6,9H,7-8,14H2,1-3H3. The Labute approximate surface area is 106 Å². The van der Waals surface area contributed by atoms with Crippen LogP contribution in [0, 0.1) is 5.92 Å². The normalized spacial score (nSPS) is 17.7. The number of likely N-dealkylation sites (tertiary alicyclic amines) is 1. The Kier molecular flexibility index (Phi) is 3.02. The van der Waals surface area contributed by atoms with Gasteiger partial charge in [-0.25, -0.2) is 0 Å². The van der Waals surface area contributed by atoms with E-state index in [0.29, 0.717) is 24.6 Å². The van der Waals surface area contributed by atoms with E-state index in [9.17, 15) is 9.59 Å². The van der Waals surface area contributed by atoms with Gasteiger partial charge in [0.05, 0.1) is 5.54 Å². The van der Waals surface area contributed by atoms with E-state index < -0.39 is 0 Å². The average Bonchev–Trinajstić information content (AvgIpc) is 2.27. The van der Waals surface area contributed by atoms with Crippen LogP contribution in [0.2, 0.25) is 0 Å². The summed E-state index contributed by atoms with van der Waals surface area (Å²) < 4.78 is 1.44. The monoisotopic (exact) mass is 249 g/mol. The zero-order chi connectivity index (χ0) is 13.5. The minimum absolute atomic E-state index is 0.116. The Morgan fingerprint density at radius 1 is 1.44 bits per heavy atom. The molecule has 0 unspecified atom stereocenters. The summed E-state index contributed by atoms with van der Waals surface area (Å²) in [6.07, 6.45) is 1.60. The molecule has 0 spiro atoms. The van der Waals surface area contributed by atoms with Gasteiger partial charge >= 0.3 is 0 Å². The van der Waals surface area contributed by atoms with Crippen LogP contribution in [0.25, 0.3) is 0 Å². The molecular weight excluding hydrogens is 230 g/mol. The fourth-order valence-electron chi connectivity index (χ4n) is 2.04. The third kappa shape index (κ3) is 2.06. The van der Waals surface area contributed by atoms with E-state index >= 15 is 0 Å². The number of nitrogens with two attached hydrogens (primary N) is 1. The number of hydrogen-bond donors (Lipinski definition) is 1. The highest BCUT2D eigenvalue weighted by Gasteiger charge is 2.44. The molecule has 98 valence electrons. The van der Waals surface area contributed by atoms with E-state index in [4.69, 9.17) is 5.73 Å². The summed E-state index contributed by atoms with van der Waals surface area (Å²) in [5, 5.41) is 0. The van der Waals surface area contributed by atoms with Crippen LogP contribution in [0.5, 0.6) is 0 Å². The Hall–Kier alpha value is -1.62. The number of aryl methyl sites for hydroxylation is 1. The Balaban J connectivity index is 2.11. The molecule has 1 amide bonds. The van der Waals surface area contributed by atoms with Crippen molar-refractivity contribution in [1.29, 1.82) is 0 Å². The molecule has 0 radical (unpaired) electrons. The Bertz CT molecular complexity index is 527. The molecule has 1 aromatic rings. The van der Waals surface area contributed by atoms with Crippen molar-refractivity contribution in [3.05, 3.63) is 34.2 Å². The zero-order valence-corrected chi connectivity index (χ0v) is 11.0. The molecule has 0 aliphatic carbocycles. The van der Waals surface area contributed by atoms with Crippen molar-refractivity contribution >= 4 is 5.91 Å². The second kappa shape index (κ2) is 4.24. The molecule has 2 rings (SSSR count). The van der Waals surface area contributed by atoms with Gasteiger partial charge in [-0.3, -0.25) is 9.59 Å². The van der Waals surface area contributed by atoms with Crippen molar-refractivity contribution in [3.8, 4) is 0 Å². The second-order valence-corrected chi connectivity index (χ2v) is 5.41. The topological polar surface area (TPSA) is 68.3 Å². The fraction of sp³-hybridized carbons (Fsp3) is 0.538. The van der Waals surface area contributed by atoms with Gasteiger partial charge in [0.1, 0.15) is 0 Å². The minimum atomic E-state index is -0.282. The first kappa shape index (κ1) is 12.8. The van der Waals surface area contributed by atoms with Crippen LogP contribution in [0.15, 0.2) is 23.1 Å². The highest BCUT2D eigenvalue weighted by atomic mass is 16.2. The Morgan fingerprint density at radius 3 is 2.56 bits per heavy atom. The van der Waals surface area contributed by atoms with Gasteiger partial charge in [-0.2, -0.15) is 0 Å². The molecule has 1 fully saturated rings. The molecule has 2 N–H and O–H groups in total. The maximum Gasteiger partial charge on any atom is 0.254 e. The SMILES string of the molecule is CC(C)C1(N)CN(C(=O)c2ccn(C)c(=O)c2)C1. The van der Waals surface area contributed by atoms with Crippen molar-refractivity contribution in [1.82, 2.24) is 9.47 Å². The van der Waals surface area contributed by atoms with Crippen LogP contribution >= 0.6 is 0 Å². The first-order valence-electron chi connectivity index (χ1n) is 6.08. The molecule has 5 heteroatoms. The lowest BCUT2D eigenvalue weighted by molar-refractivity contribution is 0.0274. The van der Waals surface area contributed by atoms with Crippen molar-refractivity contribution in [2.75, 3.05) is 13.1 Å². The smallest absolute Gasteiger partial charge is 0.254 e. The van der Waals surface area contributed by atoms with Crippen LogP contribution in [0.1, 0.15) is 24.2 Å². The molecule has 0 bridgehead atoms. The van der Waals surface area contributed by atoms with Crippen LogP contribution < -0.4 is 11.3 Å². The number of carbonyl (C=O) groups is 1. The lowest BCUT2D eigenvalue weighted by Crippen LogP contribution is -2.71. The van der Waals surface area contributed by atoms with Gasteiger partial charge in [-0.1, -0.05) is 13.8 Å². The molecule has 1 aliphatic rings. The molecule has 2 heterocycles. The van der Waals surface area contributed by atoms with E-state index in [1.54, 1.807) is 24.2 Å². The van der Waals surface area contributed by atoms with Gasteiger partial charge in [-0.05, 0) is 12.0 Å². The van der Waals surface area contributed by atoms with Crippen LogP contribution in [-0.4, -0.2) is 34.0 Å². The van der Waals surface area contributed by atoms with Gasteiger partial charge < -0.3 is 15.2 Å². The summed E-state index contributed by atoms with van der Waals surface area (Å²) >= 11 is 0. The van der Waals surface area contributed by atoms with Crippen LogP contribution in [0.4, 0.5) is 0 Å². The van der Waals surface area contributed by atoms with Gasteiger partial charge in [0, 0.05) is 38.0 Å². The van der Waals surface area contributed by atoms with E-state index in [-0.39, 0.29) is 17.0 Å². The number of hydrogen-bond acceptors (Lipinski definition) is 3. The first-order valence-corrected chi connectivity index (χ1v) is 6.08. The molecule has 0 aromatic carbocycles. The third-order valence-corrected chi connectivity index (χ3v) is 3.76. The average molecular weight is 249 g/mol. The summed E-state index contributed by atoms with van der Waals surface area (Å²) in [5.74, 6) is 0.222. The number of pyridine rings is 1.